The Morgan fingerprint density at radius 1 is 1.50 bits per heavy atom. The fraction of sp³-hybridized carbons (Fsp3) is 0.667. The van der Waals surface area contributed by atoms with E-state index in [4.69, 9.17) is 10.2 Å². The zero-order chi connectivity index (χ0) is 12.7. The van der Waals surface area contributed by atoms with E-state index in [2.05, 4.69) is 16.9 Å². The minimum Gasteiger partial charge on any atom is -0.428 e. The smallest absolute Gasteiger partial charge is 0.292 e. The van der Waals surface area contributed by atoms with Crippen molar-refractivity contribution >= 4 is 11.9 Å². The van der Waals surface area contributed by atoms with Gasteiger partial charge in [0.25, 0.3) is 6.01 Å². The molecule has 1 aromatic heterocycles. The summed E-state index contributed by atoms with van der Waals surface area (Å²) < 4.78 is 5.30. The highest BCUT2D eigenvalue weighted by Gasteiger charge is 2.32. The molecule has 2 aliphatic rings. The first-order chi connectivity index (χ1) is 8.63. The van der Waals surface area contributed by atoms with Gasteiger partial charge in [-0.15, -0.1) is 0 Å². The van der Waals surface area contributed by atoms with Gasteiger partial charge in [-0.05, 0) is 20.0 Å². The van der Waals surface area contributed by atoms with Gasteiger partial charge in [-0.1, -0.05) is 0 Å². The molecule has 1 saturated heterocycles. The molecule has 6 nitrogen and oxygen atoms in total. The summed E-state index contributed by atoms with van der Waals surface area (Å²) >= 11 is 0. The van der Waals surface area contributed by atoms with Gasteiger partial charge in [0.1, 0.15) is 11.5 Å². The Morgan fingerprint density at radius 3 is 3.06 bits per heavy atom. The second kappa shape index (κ2) is 4.28. The second-order valence-corrected chi connectivity index (χ2v) is 5.18. The number of nitrogen functional groups attached to an aromatic ring is 1. The molecule has 1 amide bonds. The van der Waals surface area contributed by atoms with Crippen LogP contribution >= 0.6 is 0 Å². The monoisotopic (exact) mass is 250 g/mol. The minimum atomic E-state index is 0.140. The van der Waals surface area contributed by atoms with Crippen LogP contribution in [0, 0.1) is 5.92 Å². The summed E-state index contributed by atoms with van der Waals surface area (Å²) in [5.41, 5.74) is 6.35. The number of rotatable bonds is 1. The average Bonchev–Trinajstić information content (AvgIpc) is 2.92. The van der Waals surface area contributed by atoms with Gasteiger partial charge in [0.2, 0.25) is 5.91 Å². The van der Waals surface area contributed by atoms with Gasteiger partial charge in [0, 0.05) is 19.5 Å². The molecule has 1 atom stereocenters. The Bertz CT molecular complexity index is 471. The number of hydrogen-bond donors (Lipinski definition) is 1. The Morgan fingerprint density at radius 2 is 2.33 bits per heavy atom. The van der Waals surface area contributed by atoms with Gasteiger partial charge in [0.05, 0.1) is 12.5 Å². The zero-order valence-electron chi connectivity index (χ0n) is 10.6. The topological polar surface area (TPSA) is 75.6 Å². The molecule has 0 aliphatic carbocycles. The molecule has 3 heterocycles. The highest BCUT2D eigenvalue weighted by atomic mass is 16.4. The lowest BCUT2D eigenvalue weighted by molar-refractivity contribution is -0.136. The quantitative estimate of drug-likeness (QED) is 0.764. The van der Waals surface area contributed by atoms with Gasteiger partial charge in [-0.25, -0.2) is 0 Å². The van der Waals surface area contributed by atoms with Crippen molar-refractivity contribution in [2.75, 3.05) is 32.4 Å². The largest absolute Gasteiger partial charge is 0.428 e. The molecule has 0 bridgehead atoms. The molecule has 3 rings (SSSR count). The number of amides is 1. The Labute approximate surface area is 106 Å². The van der Waals surface area contributed by atoms with Crippen molar-refractivity contribution in [3.63, 3.8) is 0 Å². The molecular formula is C12H18N4O2. The molecule has 0 aromatic carbocycles. The summed E-state index contributed by atoms with van der Waals surface area (Å²) in [5.74, 6) is 1.22. The van der Waals surface area contributed by atoms with E-state index < -0.39 is 0 Å². The molecule has 1 fully saturated rings. The van der Waals surface area contributed by atoms with E-state index in [0.717, 1.165) is 31.0 Å². The number of fused-ring (bicyclic) bond motifs is 1. The molecule has 18 heavy (non-hydrogen) atoms. The van der Waals surface area contributed by atoms with Crippen molar-refractivity contribution < 1.29 is 9.21 Å². The molecule has 2 N–H and O–H groups in total. The number of carbonyl (C=O) groups is 1. The molecular weight excluding hydrogens is 232 g/mol. The molecule has 0 radical (unpaired) electrons. The molecule has 98 valence electrons. The first-order valence-electron chi connectivity index (χ1n) is 6.35. The van der Waals surface area contributed by atoms with Gasteiger partial charge >= 0.3 is 0 Å². The van der Waals surface area contributed by atoms with Crippen LogP contribution in [0.5, 0.6) is 0 Å². The third-order valence-electron chi connectivity index (χ3n) is 3.80. The number of carbonyl (C=O) groups excluding carboxylic acids is 1. The second-order valence-electron chi connectivity index (χ2n) is 5.18. The first kappa shape index (κ1) is 11.5. The Hall–Kier alpha value is -1.56. The van der Waals surface area contributed by atoms with Crippen LogP contribution in [-0.4, -0.2) is 47.4 Å². The minimum absolute atomic E-state index is 0.140. The van der Waals surface area contributed by atoms with Crippen molar-refractivity contribution in [2.24, 2.45) is 5.92 Å². The van der Waals surface area contributed by atoms with E-state index in [1.807, 2.05) is 4.90 Å². The number of nitrogens with two attached hydrogens (primary N) is 1. The maximum absolute atomic E-state index is 12.4. The molecule has 6 heteroatoms. The zero-order valence-corrected chi connectivity index (χ0v) is 10.6. The van der Waals surface area contributed by atoms with E-state index in [0.29, 0.717) is 19.5 Å². The Kier molecular flexibility index (Phi) is 2.74. The number of likely N-dealkylation sites (tertiary alicyclic amines) is 1. The number of hydrogen-bond acceptors (Lipinski definition) is 5. The number of anilines is 1. The maximum Gasteiger partial charge on any atom is 0.292 e. The van der Waals surface area contributed by atoms with E-state index in [9.17, 15) is 4.79 Å². The van der Waals surface area contributed by atoms with E-state index in [1.54, 1.807) is 0 Å². The summed E-state index contributed by atoms with van der Waals surface area (Å²) in [7, 11) is 2.06. The third-order valence-corrected chi connectivity index (χ3v) is 3.80. The maximum atomic E-state index is 12.4. The number of oxazole rings is 1. The first-order valence-corrected chi connectivity index (χ1v) is 6.35. The molecule has 1 unspecified atom stereocenters. The van der Waals surface area contributed by atoms with Crippen molar-refractivity contribution in [3.8, 4) is 0 Å². The summed E-state index contributed by atoms with van der Waals surface area (Å²) in [6.45, 7) is 3.12. The van der Waals surface area contributed by atoms with Gasteiger partial charge in [-0.2, -0.15) is 4.98 Å². The lowest BCUT2D eigenvalue weighted by Gasteiger charge is -2.27. The normalized spacial score (nSPS) is 24.3. The molecule has 2 aliphatic heterocycles. The molecule has 0 saturated carbocycles. The van der Waals surface area contributed by atoms with Crippen LogP contribution in [-0.2, 0) is 17.8 Å². The lowest BCUT2D eigenvalue weighted by Crippen LogP contribution is -2.40. The van der Waals surface area contributed by atoms with Crippen LogP contribution in [0.4, 0.5) is 6.01 Å². The average molecular weight is 250 g/mol. The third kappa shape index (κ3) is 1.96. The highest BCUT2D eigenvalue weighted by Crippen LogP contribution is 2.24. The van der Waals surface area contributed by atoms with Crippen molar-refractivity contribution in [3.05, 3.63) is 11.5 Å². The van der Waals surface area contributed by atoms with Gasteiger partial charge < -0.3 is 20.0 Å². The SMILES string of the molecule is CN1CCC(C(=O)N2CCc3oc(N)nc3C2)C1. The van der Waals surface area contributed by atoms with Gasteiger partial charge in [0.15, 0.2) is 0 Å². The summed E-state index contributed by atoms with van der Waals surface area (Å²) in [6, 6.07) is 0.204. The van der Waals surface area contributed by atoms with Crippen LogP contribution in [0.15, 0.2) is 4.42 Å². The van der Waals surface area contributed by atoms with Crippen molar-refractivity contribution in [1.82, 2.24) is 14.8 Å². The molecule has 0 spiro atoms. The van der Waals surface area contributed by atoms with E-state index >= 15 is 0 Å². The summed E-state index contributed by atoms with van der Waals surface area (Å²) in [4.78, 5) is 20.6. The fourth-order valence-corrected chi connectivity index (χ4v) is 2.80. The Balaban J connectivity index is 1.70. The van der Waals surface area contributed by atoms with Crippen LogP contribution in [0.2, 0.25) is 0 Å². The van der Waals surface area contributed by atoms with E-state index in [1.165, 1.54) is 0 Å². The highest BCUT2D eigenvalue weighted by molar-refractivity contribution is 5.79. The predicted molar refractivity (Wildman–Crippen MR) is 65.6 cm³/mol. The van der Waals surface area contributed by atoms with Crippen LogP contribution in [0.25, 0.3) is 0 Å². The number of nitrogens with zero attached hydrogens (tertiary/aromatic N) is 3. The fourth-order valence-electron chi connectivity index (χ4n) is 2.80. The van der Waals surface area contributed by atoms with Crippen LogP contribution in [0.1, 0.15) is 17.9 Å². The van der Waals surface area contributed by atoms with E-state index in [-0.39, 0.29) is 17.8 Å². The van der Waals surface area contributed by atoms with Crippen LogP contribution < -0.4 is 5.73 Å². The van der Waals surface area contributed by atoms with Gasteiger partial charge in [-0.3, -0.25) is 4.79 Å². The summed E-state index contributed by atoms with van der Waals surface area (Å²) in [5, 5.41) is 0. The van der Waals surface area contributed by atoms with Crippen LogP contribution in [0.3, 0.4) is 0 Å². The standard InChI is InChI=1S/C12H18N4O2/c1-15-4-2-8(6-15)11(17)16-5-3-10-9(7-16)14-12(13)18-10/h8H,2-7H2,1H3,(H2,13,14). The summed E-state index contributed by atoms with van der Waals surface area (Å²) in [6.07, 6.45) is 1.67. The van der Waals surface area contributed by atoms with Crippen molar-refractivity contribution in [2.45, 2.75) is 19.4 Å². The van der Waals surface area contributed by atoms with Crippen molar-refractivity contribution in [1.29, 1.82) is 0 Å². The molecule has 1 aromatic rings. The lowest BCUT2D eigenvalue weighted by atomic mass is 10.1. The predicted octanol–water partition coefficient (Wildman–Crippen LogP) is 0.0932. The number of aromatic nitrogens is 1.